The molecule has 0 aliphatic carbocycles. The molecule has 2 saturated heterocycles. The van der Waals surface area contributed by atoms with Crippen LogP contribution in [0.2, 0.25) is 0 Å². The molecular formula is C42H51N7O5. The monoisotopic (exact) mass is 733 g/mol. The second-order valence-corrected chi connectivity index (χ2v) is 15.3. The van der Waals surface area contributed by atoms with Crippen LogP contribution >= 0.6 is 0 Å². The summed E-state index contributed by atoms with van der Waals surface area (Å²) in [7, 11) is 3.48. The molecule has 3 aliphatic heterocycles. The SMILES string of the molecule is CC[C@H](C)N(C)[C@@H](C)c1nc2ccc3cc4c(cc3c2[nH]1)OCc1cc(-c2cnc([C@@H]3CC[C@H](C)N3C(=O)C(NC(=O)OC)C3CCOCC3)[nH]2)ccc1-4. The molecule has 12 nitrogen and oxygen atoms in total. The summed E-state index contributed by atoms with van der Waals surface area (Å²) in [5.74, 6) is 2.44. The molecule has 3 aliphatic rings. The Labute approximate surface area is 316 Å². The second kappa shape index (κ2) is 14.7. The van der Waals surface area contributed by atoms with Crippen LogP contribution in [-0.4, -0.2) is 87.2 Å². The number of benzene rings is 3. The summed E-state index contributed by atoms with van der Waals surface area (Å²) < 4.78 is 16.9. The van der Waals surface area contributed by atoms with Crippen LogP contribution < -0.4 is 10.1 Å². The average molecular weight is 734 g/mol. The van der Waals surface area contributed by atoms with Gasteiger partial charge in [0, 0.05) is 36.2 Å². The molecule has 5 atom stereocenters. The highest BCUT2D eigenvalue weighted by Crippen LogP contribution is 2.43. The fourth-order valence-corrected chi connectivity index (χ4v) is 8.59. The van der Waals surface area contributed by atoms with Crippen molar-refractivity contribution in [2.45, 2.75) is 96.6 Å². The van der Waals surface area contributed by atoms with Gasteiger partial charge in [-0.3, -0.25) is 9.69 Å². The standard InChI is InChI=1S/C42H51N7O5/c1-7-23(2)48(5)25(4)39-44-33-12-10-27-19-32-30-11-9-28(18-29(30)22-54-36(32)20-31(27)38(33)46-39)34-21-43-40(45-34)35-13-8-24(3)49(35)41(50)37(47-42(51)52-6)26-14-16-53-17-15-26/h9-12,18-21,23-26,35,37H,7-8,13-17,22H2,1-6H3,(H,43,45)(H,44,46)(H,47,51)/t23-,24-,25-,35-,37?/m0/s1. The van der Waals surface area contributed by atoms with Crippen molar-refractivity contribution in [3.05, 3.63) is 65.9 Å². The first-order valence-electron chi connectivity index (χ1n) is 19.4. The number of hydrogen-bond acceptors (Lipinski definition) is 8. The molecule has 3 N–H and O–H groups in total. The van der Waals surface area contributed by atoms with Crippen LogP contribution in [0.1, 0.15) is 89.1 Å². The Bertz CT molecular complexity index is 2190. The van der Waals surface area contributed by atoms with Crippen LogP contribution in [0.25, 0.3) is 44.2 Å². The highest BCUT2D eigenvalue weighted by Gasteiger charge is 2.43. The van der Waals surface area contributed by atoms with Gasteiger partial charge in [0.15, 0.2) is 0 Å². The molecule has 12 heteroatoms. The number of fused-ring (bicyclic) bond motifs is 6. The van der Waals surface area contributed by atoms with Crippen LogP contribution in [0.15, 0.2) is 48.7 Å². The number of aromatic nitrogens is 4. The van der Waals surface area contributed by atoms with Crippen LogP contribution in [-0.2, 0) is 20.9 Å². The van der Waals surface area contributed by atoms with E-state index in [1.807, 2.05) is 11.1 Å². The molecule has 8 rings (SSSR count). The van der Waals surface area contributed by atoms with Gasteiger partial charge in [0.2, 0.25) is 5.91 Å². The number of amides is 2. The van der Waals surface area contributed by atoms with Gasteiger partial charge in [0.1, 0.15) is 30.0 Å². The first-order chi connectivity index (χ1) is 26.1. The molecule has 54 heavy (non-hydrogen) atoms. The Morgan fingerprint density at radius 2 is 1.87 bits per heavy atom. The molecule has 2 fully saturated rings. The molecule has 2 amide bonds. The largest absolute Gasteiger partial charge is 0.488 e. The van der Waals surface area contributed by atoms with E-state index in [2.05, 4.69) is 97.4 Å². The third kappa shape index (κ3) is 6.49. The molecular weight excluding hydrogens is 683 g/mol. The smallest absolute Gasteiger partial charge is 0.407 e. The van der Waals surface area contributed by atoms with E-state index in [-0.39, 0.29) is 30.0 Å². The van der Waals surface area contributed by atoms with Crippen LogP contribution in [0, 0.1) is 5.92 Å². The number of carbonyl (C=O) groups excluding carboxylic acids is 2. The zero-order valence-electron chi connectivity index (χ0n) is 32.1. The highest BCUT2D eigenvalue weighted by atomic mass is 16.5. The van der Waals surface area contributed by atoms with Gasteiger partial charge in [-0.05, 0) is 112 Å². The summed E-state index contributed by atoms with van der Waals surface area (Å²) in [6.07, 6.45) is 5.35. The van der Waals surface area contributed by atoms with Crippen molar-refractivity contribution in [2.24, 2.45) is 5.92 Å². The lowest BCUT2D eigenvalue weighted by Crippen LogP contribution is -2.54. The number of alkyl carbamates (subject to hydrolysis) is 1. The van der Waals surface area contributed by atoms with Gasteiger partial charge in [-0.15, -0.1) is 0 Å². The molecule has 0 spiro atoms. The number of hydrogen-bond donors (Lipinski definition) is 3. The highest BCUT2D eigenvalue weighted by molar-refractivity contribution is 6.07. The Kier molecular flexibility index (Phi) is 9.82. The van der Waals surface area contributed by atoms with E-state index in [9.17, 15) is 9.59 Å². The summed E-state index contributed by atoms with van der Waals surface area (Å²) >= 11 is 0. The molecule has 5 heterocycles. The van der Waals surface area contributed by atoms with Crippen molar-refractivity contribution >= 4 is 33.8 Å². The Morgan fingerprint density at radius 1 is 1.06 bits per heavy atom. The van der Waals surface area contributed by atoms with Gasteiger partial charge in [-0.1, -0.05) is 25.1 Å². The number of likely N-dealkylation sites (tertiary alicyclic amines) is 1. The van der Waals surface area contributed by atoms with Crippen molar-refractivity contribution in [2.75, 3.05) is 27.4 Å². The molecule has 1 unspecified atom stereocenters. The predicted molar refractivity (Wildman–Crippen MR) is 208 cm³/mol. The van der Waals surface area contributed by atoms with Crippen molar-refractivity contribution in [3.8, 4) is 28.1 Å². The Balaban J connectivity index is 1.05. The number of nitrogens with one attached hydrogen (secondary N) is 3. The van der Waals surface area contributed by atoms with Crippen molar-refractivity contribution in [3.63, 3.8) is 0 Å². The van der Waals surface area contributed by atoms with Crippen LogP contribution in [0.3, 0.4) is 0 Å². The van der Waals surface area contributed by atoms with E-state index in [1.54, 1.807) is 0 Å². The van der Waals surface area contributed by atoms with E-state index in [0.717, 1.165) is 86.4 Å². The van der Waals surface area contributed by atoms with Crippen LogP contribution in [0.4, 0.5) is 4.79 Å². The van der Waals surface area contributed by atoms with Gasteiger partial charge in [-0.25, -0.2) is 14.8 Å². The fraction of sp³-hybridized carbons (Fsp3) is 0.476. The number of nitrogens with zero attached hydrogens (tertiary/aromatic N) is 4. The van der Waals surface area contributed by atoms with Crippen molar-refractivity contribution in [1.82, 2.24) is 35.1 Å². The minimum absolute atomic E-state index is 0.00109. The van der Waals surface area contributed by atoms with E-state index in [0.29, 0.717) is 38.7 Å². The number of aromatic amines is 2. The summed E-state index contributed by atoms with van der Waals surface area (Å²) in [4.78, 5) is 47.8. The molecule has 5 aromatic rings. The summed E-state index contributed by atoms with van der Waals surface area (Å²) in [6, 6.07) is 14.8. The summed E-state index contributed by atoms with van der Waals surface area (Å²) in [6.45, 7) is 10.3. The number of imidazole rings is 2. The number of methoxy groups -OCH3 is 1. The predicted octanol–water partition coefficient (Wildman–Crippen LogP) is 7.66. The lowest BCUT2D eigenvalue weighted by atomic mass is 9.90. The molecule has 0 saturated carbocycles. The quantitative estimate of drug-likeness (QED) is 0.141. The molecule has 3 aromatic carbocycles. The lowest BCUT2D eigenvalue weighted by molar-refractivity contribution is -0.138. The molecule has 0 bridgehead atoms. The zero-order chi connectivity index (χ0) is 37.7. The summed E-state index contributed by atoms with van der Waals surface area (Å²) in [5.41, 5.74) is 7.18. The Hall–Kier alpha value is -4.94. The Morgan fingerprint density at radius 3 is 2.65 bits per heavy atom. The minimum Gasteiger partial charge on any atom is -0.488 e. The third-order valence-electron chi connectivity index (χ3n) is 12.3. The zero-order valence-corrected chi connectivity index (χ0v) is 32.1. The van der Waals surface area contributed by atoms with Gasteiger partial charge in [-0.2, -0.15) is 0 Å². The van der Waals surface area contributed by atoms with E-state index in [4.69, 9.17) is 24.2 Å². The third-order valence-corrected chi connectivity index (χ3v) is 12.3. The van der Waals surface area contributed by atoms with Crippen molar-refractivity contribution < 1.29 is 23.8 Å². The van der Waals surface area contributed by atoms with E-state index in [1.165, 1.54) is 7.11 Å². The van der Waals surface area contributed by atoms with Gasteiger partial charge in [0.05, 0.1) is 42.1 Å². The lowest BCUT2D eigenvalue weighted by Gasteiger charge is -2.36. The van der Waals surface area contributed by atoms with Gasteiger partial charge >= 0.3 is 6.09 Å². The summed E-state index contributed by atoms with van der Waals surface area (Å²) in [5, 5.41) is 5.08. The molecule has 0 radical (unpaired) electrons. The normalized spacial score (nSPS) is 20.4. The molecule has 2 aromatic heterocycles. The second-order valence-electron chi connectivity index (χ2n) is 15.3. The van der Waals surface area contributed by atoms with Gasteiger partial charge < -0.3 is 34.4 Å². The van der Waals surface area contributed by atoms with Crippen LogP contribution in [0.5, 0.6) is 5.75 Å². The van der Waals surface area contributed by atoms with E-state index < -0.39 is 12.1 Å². The maximum absolute atomic E-state index is 14.2. The first-order valence-corrected chi connectivity index (χ1v) is 19.4. The number of ether oxygens (including phenoxy) is 3. The number of H-pyrrole nitrogens is 2. The minimum atomic E-state index is -0.687. The topological polar surface area (TPSA) is 138 Å². The first kappa shape index (κ1) is 36.1. The molecule has 284 valence electrons. The fourth-order valence-electron chi connectivity index (χ4n) is 8.59. The maximum atomic E-state index is 14.2. The average Bonchev–Trinajstić information content (AvgIpc) is 3.97. The number of carbonyl (C=O) groups is 2. The number of rotatable bonds is 9. The van der Waals surface area contributed by atoms with Gasteiger partial charge in [0.25, 0.3) is 0 Å². The van der Waals surface area contributed by atoms with Crippen molar-refractivity contribution in [1.29, 1.82) is 0 Å². The van der Waals surface area contributed by atoms with E-state index >= 15 is 0 Å². The maximum Gasteiger partial charge on any atom is 0.407 e.